The molecule has 1 aromatic carbocycles. The third-order valence-corrected chi connectivity index (χ3v) is 4.90. The number of halogens is 1. The topological polar surface area (TPSA) is 42.2 Å². The van der Waals surface area contributed by atoms with E-state index in [1.54, 1.807) is 0 Å². The van der Waals surface area contributed by atoms with Gasteiger partial charge in [0.05, 0.1) is 11.2 Å². The Kier molecular flexibility index (Phi) is 3.21. The lowest BCUT2D eigenvalue weighted by Crippen LogP contribution is -2.03. The number of anilines is 1. The molecule has 0 bridgehead atoms. The van der Waals surface area contributed by atoms with Gasteiger partial charge in [-0.15, -0.1) is 0 Å². The molecule has 4 heteroatoms. The normalized spacial score (nSPS) is 15.1. The lowest BCUT2D eigenvalue weighted by molar-refractivity contribution is -0.115. The second-order valence-corrected chi connectivity index (χ2v) is 6.17. The number of amides is 1. The Morgan fingerprint density at radius 2 is 2.00 bits per heavy atom. The molecule has 2 heterocycles. The SMILES string of the molecule is Cc1oc(C)c(C(Br)c2ccc3c(c2)CC(=O)N3)c1C. The second kappa shape index (κ2) is 4.77. The molecule has 0 radical (unpaired) electrons. The highest BCUT2D eigenvalue weighted by molar-refractivity contribution is 9.09. The summed E-state index contributed by atoms with van der Waals surface area (Å²) in [5.41, 5.74) is 5.49. The molecular formula is C16H16BrNO2. The Hall–Kier alpha value is -1.55. The van der Waals surface area contributed by atoms with E-state index in [0.717, 1.165) is 28.3 Å². The molecule has 20 heavy (non-hydrogen) atoms. The number of rotatable bonds is 2. The summed E-state index contributed by atoms with van der Waals surface area (Å²) in [5, 5.41) is 2.86. The molecule has 2 aromatic rings. The number of benzene rings is 1. The molecule has 1 aromatic heterocycles. The Morgan fingerprint density at radius 1 is 1.25 bits per heavy atom. The van der Waals surface area contributed by atoms with Crippen LogP contribution in [-0.2, 0) is 11.2 Å². The van der Waals surface area contributed by atoms with Crippen LogP contribution in [0.15, 0.2) is 22.6 Å². The highest BCUT2D eigenvalue weighted by Crippen LogP contribution is 2.39. The third kappa shape index (κ3) is 2.08. The molecule has 0 saturated heterocycles. The average Bonchev–Trinajstić information content (AvgIpc) is 2.87. The van der Waals surface area contributed by atoms with Crippen LogP contribution in [0.25, 0.3) is 0 Å². The fourth-order valence-electron chi connectivity index (χ4n) is 2.76. The molecule has 0 saturated carbocycles. The zero-order chi connectivity index (χ0) is 14.4. The van der Waals surface area contributed by atoms with E-state index in [2.05, 4.69) is 34.2 Å². The fraction of sp³-hybridized carbons (Fsp3) is 0.312. The number of aryl methyl sites for hydroxylation is 2. The van der Waals surface area contributed by atoms with Gasteiger partial charge < -0.3 is 9.73 Å². The van der Waals surface area contributed by atoms with Crippen molar-refractivity contribution < 1.29 is 9.21 Å². The van der Waals surface area contributed by atoms with Crippen LogP contribution in [0, 0.1) is 20.8 Å². The minimum absolute atomic E-state index is 0.0646. The summed E-state index contributed by atoms with van der Waals surface area (Å²) in [7, 11) is 0. The number of fused-ring (bicyclic) bond motifs is 1. The van der Waals surface area contributed by atoms with Crippen molar-refractivity contribution in [1.82, 2.24) is 0 Å². The van der Waals surface area contributed by atoms with Crippen molar-refractivity contribution in [2.24, 2.45) is 0 Å². The first-order valence-corrected chi connectivity index (χ1v) is 7.52. The van der Waals surface area contributed by atoms with Gasteiger partial charge in [-0.25, -0.2) is 0 Å². The van der Waals surface area contributed by atoms with Crippen molar-refractivity contribution in [3.63, 3.8) is 0 Å². The van der Waals surface area contributed by atoms with E-state index in [4.69, 9.17) is 4.42 Å². The zero-order valence-electron chi connectivity index (χ0n) is 11.7. The maximum atomic E-state index is 11.4. The standard InChI is InChI=1S/C16H16BrNO2/c1-8-9(2)20-10(3)15(8)16(17)11-4-5-13-12(6-11)7-14(19)18-13/h4-6,16H,7H2,1-3H3,(H,18,19). The molecule has 104 valence electrons. The molecule has 3 rings (SSSR count). The van der Waals surface area contributed by atoms with Gasteiger partial charge in [-0.3, -0.25) is 4.79 Å². The molecule has 1 unspecified atom stereocenters. The summed E-state index contributed by atoms with van der Waals surface area (Å²) in [5.74, 6) is 1.96. The summed E-state index contributed by atoms with van der Waals surface area (Å²) in [6, 6.07) is 6.11. The fourth-order valence-corrected chi connectivity index (χ4v) is 3.71. The van der Waals surface area contributed by atoms with Gasteiger partial charge in [0.15, 0.2) is 0 Å². The van der Waals surface area contributed by atoms with E-state index in [0.29, 0.717) is 6.42 Å². The van der Waals surface area contributed by atoms with Gasteiger partial charge in [0, 0.05) is 11.3 Å². The van der Waals surface area contributed by atoms with Crippen LogP contribution in [0.4, 0.5) is 5.69 Å². The number of hydrogen-bond donors (Lipinski definition) is 1. The number of carbonyl (C=O) groups excluding carboxylic acids is 1. The lowest BCUT2D eigenvalue weighted by Gasteiger charge is -2.12. The van der Waals surface area contributed by atoms with Crippen molar-refractivity contribution in [1.29, 1.82) is 0 Å². The van der Waals surface area contributed by atoms with E-state index < -0.39 is 0 Å². The van der Waals surface area contributed by atoms with Crippen LogP contribution in [0.5, 0.6) is 0 Å². The Balaban J connectivity index is 2.01. The molecule has 1 atom stereocenters. The van der Waals surface area contributed by atoms with Crippen molar-refractivity contribution in [3.8, 4) is 0 Å². The van der Waals surface area contributed by atoms with Crippen LogP contribution in [0.1, 0.15) is 38.6 Å². The summed E-state index contributed by atoms with van der Waals surface area (Å²) in [6.45, 7) is 6.05. The summed E-state index contributed by atoms with van der Waals surface area (Å²) in [6.07, 6.45) is 0.464. The van der Waals surface area contributed by atoms with Crippen molar-refractivity contribution >= 4 is 27.5 Å². The predicted octanol–water partition coefficient (Wildman–Crippen LogP) is 4.18. The minimum atomic E-state index is 0.0646. The highest BCUT2D eigenvalue weighted by Gasteiger charge is 2.23. The monoisotopic (exact) mass is 333 g/mol. The van der Waals surface area contributed by atoms with E-state index in [9.17, 15) is 4.79 Å². The van der Waals surface area contributed by atoms with Crippen LogP contribution in [0.2, 0.25) is 0 Å². The molecule has 3 nitrogen and oxygen atoms in total. The number of alkyl halides is 1. The first kappa shape index (κ1) is 13.4. The number of hydrogen-bond acceptors (Lipinski definition) is 2. The van der Waals surface area contributed by atoms with Crippen LogP contribution < -0.4 is 5.32 Å². The van der Waals surface area contributed by atoms with Crippen molar-refractivity contribution in [2.45, 2.75) is 32.0 Å². The van der Waals surface area contributed by atoms with Gasteiger partial charge in [-0.1, -0.05) is 28.1 Å². The minimum Gasteiger partial charge on any atom is -0.466 e. The lowest BCUT2D eigenvalue weighted by atomic mass is 9.99. The van der Waals surface area contributed by atoms with Crippen molar-refractivity contribution in [3.05, 3.63) is 52.0 Å². The van der Waals surface area contributed by atoms with Gasteiger partial charge in [-0.2, -0.15) is 0 Å². The van der Waals surface area contributed by atoms with E-state index in [1.807, 2.05) is 26.0 Å². The number of furan rings is 1. The quantitative estimate of drug-likeness (QED) is 0.837. The van der Waals surface area contributed by atoms with Crippen molar-refractivity contribution in [2.75, 3.05) is 5.32 Å². The number of carbonyl (C=O) groups is 1. The van der Waals surface area contributed by atoms with Gasteiger partial charge in [-0.05, 0) is 43.5 Å². The first-order chi connectivity index (χ1) is 9.47. The maximum Gasteiger partial charge on any atom is 0.228 e. The van der Waals surface area contributed by atoms with Crippen LogP contribution in [0.3, 0.4) is 0 Å². The maximum absolute atomic E-state index is 11.4. The second-order valence-electron chi connectivity index (χ2n) is 5.26. The smallest absolute Gasteiger partial charge is 0.228 e. The van der Waals surface area contributed by atoms with Crippen LogP contribution >= 0.6 is 15.9 Å². The molecule has 1 aliphatic heterocycles. The highest BCUT2D eigenvalue weighted by atomic mass is 79.9. The van der Waals surface area contributed by atoms with E-state index in [1.165, 1.54) is 11.1 Å². The Bertz CT molecular complexity index is 703. The van der Waals surface area contributed by atoms with E-state index in [-0.39, 0.29) is 10.7 Å². The van der Waals surface area contributed by atoms with Gasteiger partial charge in [0.1, 0.15) is 11.5 Å². The zero-order valence-corrected chi connectivity index (χ0v) is 13.3. The van der Waals surface area contributed by atoms with E-state index >= 15 is 0 Å². The molecule has 1 aliphatic rings. The van der Waals surface area contributed by atoms with Gasteiger partial charge >= 0.3 is 0 Å². The molecule has 0 aliphatic carbocycles. The van der Waals surface area contributed by atoms with Gasteiger partial charge in [0.2, 0.25) is 5.91 Å². The van der Waals surface area contributed by atoms with Crippen LogP contribution in [-0.4, -0.2) is 5.91 Å². The molecule has 1 N–H and O–H groups in total. The Labute approximate surface area is 126 Å². The first-order valence-electron chi connectivity index (χ1n) is 6.60. The largest absolute Gasteiger partial charge is 0.466 e. The summed E-state index contributed by atoms with van der Waals surface area (Å²) < 4.78 is 5.70. The summed E-state index contributed by atoms with van der Waals surface area (Å²) in [4.78, 5) is 11.5. The third-order valence-electron chi connectivity index (χ3n) is 3.92. The predicted molar refractivity (Wildman–Crippen MR) is 82.5 cm³/mol. The Morgan fingerprint density at radius 3 is 2.65 bits per heavy atom. The average molecular weight is 334 g/mol. The number of nitrogens with one attached hydrogen (secondary N) is 1. The molecule has 0 spiro atoms. The summed E-state index contributed by atoms with van der Waals surface area (Å²) >= 11 is 3.77. The molecule has 1 amide bonds. The molecular weight excluding hydrogens is 318 g/mol. The molecule has 0 fully saturated rings. The van der Waals surface area contributed by atoms with Gasteiger partial charge in [0.25, 0.3) is 0 Å².